The maximum Gasteiger partial charge on any atom is 0.129 e. The molecule has 0 aliphatic rings. The Morgan fingerprint density at radius 1 is 1.14 bits per heavy atom. The standard InChI is InChI=1S/C4H6O2S/c5-1-3-7-4-2-6/h1-2H,3-4H2. The van der Waals surface area contributed by atoms with Gasteiger partial charge >= 0.3 is 0 Å². The minimum atomic E-state index is 0.429. The van der Waals surface area contributed by atoms with E-state index in [4.69, 9.17) is 0 Å². The van der Waals surface area contributed by atoms with E-state index in [-0.39, 0.29) is 0 Å². The lowest BCUT2D eigenvalue weighted by Crippen LogP contribution is -1.82. The number of rotatable bonds is 4. The van der Waals surface area contributed by atoms with Crippen molar-refractivity contribution >= 4 is 24.3 Å². The van der Waals surface area contributed by atoms with Gasteiger partial charge in [0.25, 0.3) is 0 Å². The van der Waals surface area contributed by atoms with Crippen LogP contribution in [0.5, 0.6) is 0 Å². The molecule has 2 nitrogen and oxygen atoms in total. The van der Waals surface area contributed by atoms with Gasteiger partial charge in [0.1, 0.15) is 12.6 Å². The number of hydrogen-bond donors (Lipinski definition) is 0. The van der Waals surface area contributed by atoms with Gasteiger partial charge in [0.05, 0.1) is 0 Å². The van der Waals surface area contributed by atoms with E-state index in [0.717, 1.165) is 12.6 Å². The van der Waals surface area contributed by atoms with Crippen molar-refractivity contribution in [1.82, 2.24) is 0 Å². The predicted molar refractivity (Wildman–Crippen MR) is 29.5 cm³/mol. The Morgan fingerprint density at radius 2 is 1.57 bits per heavy atom. The van der Waals surface area contributed by atoms with Gasteiger partial charge in [-0.1, -0.05) is 0 Å². The monoisotopic (exact) mass is 118 g/mol. The molecule has 0 bridgehead atoms. The number of carbonyl (C=O) groups excluding carboxylic acids is 2. The maximum absolute atomic E-state index is 9.54. The second kappa shape index (κ2) is 5.69. The molecule has 0 amide bonds. The molecular formula is C4H6O2S. The summed E-state index contributed by atoms with van der Waals surface area (Å²) in [7, 11) is 0. The van der Waals surface area contributed by atoms with Crippen LogP contribution in [0.1, 0.15) is 0 Å². The quantitative estimate of drug-likeness (QED) is 0.388. The highest BCUT2D eigenvalue weighted by molar-refractivity contribution is 8.00. The Morgan fingerprint density at radius 3 is 1.86 bits per heavy atom. The number of thioether (sulfide) groups is 1. The lowest BCUT2D eigenvalue weighted by Gasteiger charge is -1.79. The van der Waals surface area contributed by atoms with Gasteiger partial charge in [0.15, 0.2) is 0 Å². The van der Waals surface area contributed by atoms with Gasteiger partial charge in [0, 0.05) is 11.5 Å². The van der Waals surface area contributed by atoms with Crippen molar-refractivity contribution in [2.24, 2.45) is 0 Å². The van der Waals surface area contributed by atoms with Crippen LogP contribution in [0.2, 0.25) is 0 Å². The highest BCUT2D eigenvalue weighted by Crippen LogP contribution is 1.91. The molecule has 0 aliphatic heterocycles. The average Bonchev–Trinajstić information content (AvgIpc) is 1.69. The van der Waals surface area contributed by atoms with Crippen LogP contribution in [-0.4, -0.2) is 24.1 Å². The summed E-state index contributed by atoms with van der Waals surface area (Å²) in [5.41, 5.74) is 0. The largest absolute Gasteiger partial charge is 0.302 e. The molecule has 0 aromatic heterocycles. The Kier molecular flexibility index (Phi) is 5.44. The summed E-state index contributed by atoms with van der Waals surface area (Å²) >= 11 is 1.32. The van der Waals surface area contributed by atoms with Crippen LogP contribution in [-0.2, 0) is 9.59 Å². The number of hydrogen-bond acceptors (Lipinski definition) is 3. The van der Waals surface area contributed by atoms with Crippen molar-refractivity contribution in [3.8, 4) is 0 Å². The van der Waals surface area contributed by atoms with Crippen LogP contribution in [0.15, 0.2) is 0 Å². The second-order valence-electron chi connectivity index (χ2n) is 0.871. The fraction of sp³-hybridized carbons (Fsp3) is 0.500. The molecule has 0 aromatic carbocycles. The highest BCUT2D eigenvalue weighted by Gasteiger charge is 1.79. The van der Waals surface area contributed by atoms with E-state index in [2.05, 4.69) is 0 Å². The van der Waals surface area contributed by atoms with Crippen molar-refractivity contribution in [2.45, 2.75) is 0 Å². The molecule has 7 heavy (non-hydrogen) atoms. The van der Waals surface area contributed by atoms with Gasteiger partial charge in [-0.3, -0.25) is 0 Å². The van der Waals surface area contributed by atoms with Gasteiger partial charge in [-0.05, 0) is 0 Å². The van der Waals surface area contributed by atoms with Crippen molar-refractivity contribution in [3.63, 3.8) is 0 Å². The Balaban J connectivity index is 2.68. The van der Waals surface area contributed by atoms with E-state index in [1.54, 1.807) is 0 Å². The Hall–Kier alpha value is -0.310. The van der Waals surface area contributed by atoms with E-state index in [0.29, 0.717) is 11.5 Å². The fourth-order valence-electron chi connectivity index (χ4n) is 0.164. The molecule has 0 saturated carbocycles. The number of carbonyl (C=O) groups is 2. The van der Waals surface area contributed by atoms with Crippen molar-refractivity contribution in [3.05, 3.63) is 0 Å². The maximum atomic E-state index is 9.54. The Labute approximate surface area is 46.3 Å². The molecular weight excluding hydrogens is 112 g/mol. The average molecular weight is 118 g/mol. The smallest absolute Gasteiger partial charge is 0.129 e. The molecule has 0 N–H and O–H groups in total. The Bertz CT molecular complexity index is 54.7. The summed E-state index contributed by atoms with van der Waals surface area (Å²) in [5.74, 6) is 0.859. The summed E-state index contributed by atoms with van der Waals surface area (Å²) in [5, 5.41) is 0. The summed E-state index contributed by atoms with van der Waals surface area (Å²) in [6.45, 7) is 0. The molecule has 0 aromatic rings. The zero-order valence-corrected chi connectivity index (χ0v) is 4.61. The first kappa shape index (κ1) is 6.69. The van der Waals surface area contributed by atoms with E-state index in [9.17, 15) is 9.59 Å². The van der Waals surface area contributed by atoms with Gasteiger partial charge in [-0.15, -0.1) is 11.8 Å². The third-order valence-corrected chi connectivity index (χ3v) is 1.12. The predicted octanol–water partition coefficient (Wildman–Crippen LogP) is 0.117. The summed E-state index contributed by atoms with van der Waals surface area (Å²) in [6, 6.07) is 0. The van der Waals surface area contributed by atoms with Crippen molar-refractivity contribution in [2.75, 3.05) is 11.5 Å². The molecule has 0 radical (unpaired) electrons. The third-order valence-electron chi connectivity index (χ3n) is 0.372. The third kappa shape index (κ3) is 5.69. The molecule has 0 atom stereocenters. The molecule has 3 heteroatoms. The molecule has 0 aliphatic carbocycles. The van der Waals surface area contributed by atoms with E-state index < -0.39 is 0 Å². The first-order chi connectivity index (χ1) is 3.41. The molecule has 0 fully saturated rings. The molecule has 0 heterocycles. The van der Waals surface area contributed by atoms with Gasteiger partial charge < -0.3 is 9.59 Å². The zero-order chi connectivity index (χ0) is 5.54. The first-order valence-electron chi connectivity index (χ1n) is 1.87. The SMILES string of the molecule is O=CCSCC=O. The molecule has 0 rings (SSSR count). The van der Waals surface area contributed by atoms with Crippen LogP contribution in [0, 0.1) is 0 Å². The van der Waals surface area contributed by atoms with E-state index in [1.165, 1.54) is 11.8 Å². The van der Waals surface area contributed by atoms with Crippen LogP contribution in [0.4, 0.5) is 0 Å². The highest BCUT2D eigenvalue weighted by atomic mass is 32.2. The molecule has 0 saturated heterocycles. The molecule has 40 valence electrons. The minimum absolute atomic E-state index is 0.429. The summed E-state index contributed by atoms with van der Waals surface area (Å²) in [4.78, 5) is 19.1. The lowest BCUT2D eigenvalue weighted by atomic mass is 10.9. The topological polar surface area (TPSA) is 34.1 Å². The first-order valence-corrected chi connectivity index (χ1v) is 3.02. The van der Waals surface area contributed by atoms with E-state index in [1.807, 2.05) is 0 Å². The zero-order valence-electron chi connectivity index (χ0n) is 3.79. The molecule has 0 unspecified atom stereocenters. The minimum Gasteiger partial charge on any atom is -0.302 e. The fourth-order valence-corrected chi connectivity index (χ4v) is 0.493. The molecule has 0 spiro atoms. The lowest BCUT2D eigenvalue weighted by molar-refractivity contribution is -0.106. The van der Waals surface area contributed by atoms with Gasteiger partial charge in [-0.2, -0.15) is 0 Å². The normalized spacial score (nSPS) is 8.00. The van der Waals surface area contributed by atoms with Crippen molar-refractivity contribution in [1.29, 1.82) is 0 Å². The summed E-state index contributed by atoms with van der Waals surface area (Å²) in [6.07, 6.45) is 1.57. The van der Waals surface area contributed by atoms with E-state index >= 15 is 0 Å². The van der Waals surface area contributed by atoms with Gasteiger partial charge in [-0.25, -0.2) is 0 Å². The number of aldehydes is 2. The van der Waals surface area contributed by atoms with Crippen LogP contribution in [0.25, 0.3) is 0 Å². The second-order valence-corrected chi connectivity index (χ2v) is 1.95. The van der Waals surface area contributed by atoms with Crippen LogP contribution >= 0.6 is 11.8 Å². The van der Waals surface area contributed by atoms with Crippen LogP contribution < -0.4 is 0 Å². The van der Waals surface area contributed by atoms with Crippen LogP contribution in [0.3, 0.4) is 0 Å². The summed E-state index contributed by atoms with van der Waals surface area (Å²) < 4.78 is 0. The van der Waals surface area contributed by atoms with Crippen molar-refractivity contribution < 1.29 is 9.59 Å². The van der Waals surface area contributed by atoms with Gasteiger partial charge in [0.2, 0.25) is 0 Å².